The molecule has 4 nitrogen and oxygen atoms in total. The number of hydrogen-bond donors (Lipinski definition) is 2. The number of likely N-dealkylation sites (N-methyl/N-ethyl adjacent to an activating group) is 1. The molecule has 5 heteroatoms. The molecule has 0 amide bonds. The first-order valence-electron chi connectivity index (χ1n) is 9.25. The van der Waals surface area contributed by atoms with Crippen LogP contribution in [0.3, 0.4) is 0 Å². The summed E-state index contributed by atoms with van der Waals surface area (Å²) in [6.07, 6.45) is 1.06. The highest BCUT2D eigenvalue weighted by atomic mass is 32.1. The monoisotopic (exact) mass is 376 g/mol. The van der Waals surface area contributed by atoms with Crippen LogP contribution in [0.15, 0.2) is 46.6 Å². The van der Waals surface area contributed by atoms with Crippen LogP contribution in [-0.4, -0.2) is 28.1 Å². The van der Waals surface area contributed by atoms with E-state index in [1.54, 1.807) is 12.1 Å². The number of benzene rings is 2. The van der Waals surface area contributed by atoms with Gasteiger partial charge < -0.3 is 10.1 Å². The van der Waals surface area contributed by atoms with Crippen LogP contribution >= 0.6 is 11.3 Å². The highest BCUT2D eigenvalue weighted by Crippen LogP contribution is 2.40. The molecule has 0 saturated heterocycles. The molecule has 4 aromatic rings. The van der Waals surface area contributed by atoms with Gasteiger partial charge in [0.1, 0.15) is 10.4 Å². The Kier molecular flexibility index (Phi) is 3.81. The van der Waals surface area contributed by atoms with Gasteiger partial charge in [0.2, 0.25) is 0 Å². The predicted octanol–water partition coefficient (Wildman–Crippen LogP) is 4.49. The van der Waals surface area contributed by atoms with Gasteiger partial charge in [-0.3, -0.25) is 9.69 Å². The second kappa shape index (κ2) is 6.22. The van der Waals surface area contributed by atoms with Crippen molar-refractivity contribution in [1.82, 2.24) is 9.88 Å². The molecule has 0 spiro atoms. The summed E-state index contributed by atoms with van der Waals surface area (Å²) in [5, 5.41) is 14.5. The van der Waals surface area contributed by atoms with Crippen LogP contribution in [-0.2, 0) is 13.0 Å². The molecule has 0 radical (unpaired) electrons. The third-order valence-corrected chi connectivity index (χ3v) is 6.52. The van der Waals surface area contributed by atoms with Crippen LogP contribution in [0.25, 0.3) is 32.1 Å². The summed E-state index contributed by atoms with van der Waals surface area (Å²) < 4.78 is 0.699. The van der Waals surface area contributed by atoms with Gasteiger partial charge in [0, 0.05) is 34.9 Å². The molecular weight excluding hydrogens is 356 g/mol. The van der Waals surface area contributed by atoms with E-state index in [0.29, 0.717) is 4.70 Å². The molecule has 5 rings (SSSR count). The van der Waals surface area contributed by atoms with Gasteiger partial charge in [-0.15, -0.1) is 11.3 Å². The van der Waals surface area contributed by atoms with Crippen molar-refractivity contribution in [3.05, 3.63) is 63.3 Å². The van der Waals surface area contributed by atoms with Crippen molar-refractivity contribution < 1.29 is 5.11 Å². The number of nitrogens with zero attached hydrogens (tertiary/aromatic N) is 1. The summed E-state index contributed by atoms with van der Waals surface area (Å²) >= 11 is 1.43. The van der Waals surface area contributed by atoms with Gasteiger partial charge in [-0.2, -0.15) is 0 Å². The Morgan fingerprint density at radius 2 is 2.07 bits per heavy atom. The van der Waals surface area contributed by atoms with E-state index < -0.39 is 0 Å². The van der Waals surface area contributed by atoms with Crippen LogP contribution in [0.1, 0.15) is 18.1 Å². The van der Waals surface area contributed by atoms with Crippen LogP contribution in [0, 0.1) is 0 Å². The molecule has 0 bridgehead atoms. The average molecular weight is 376 g/mol. The lowest BCUT2D eigenvalue weighted by atomic mass is 9.92. The van der Waals surface area contributed by atoms with Crippen molar-refractivity contribution in [3.8, 4) is 16.9 Å². The first kappa shape index (κ1) is 16.5. The quantitative estimate of drug-likeness (QED) is 0.542. The molecule has 0 unspecified atom stereocenters. The van der Waals surface area contributed by atoms with Crippen molar-refractivity contribution in [2.45, 2.75) is 19.9 Å². The predicted molar refractivity (Wildman–Crippen MR) is 112 cm³/mol. The fourth-order valence-corrected chi connectivity index (χ4v) is 4.97. The molecular formula is C22H20N2O2S. The number of phenols is 1. The van der Waals surface area contributed by atoms with E-state index >= 15 is 0 Å². The zero-order valence-electron chi connectivity index (χ0n) is 15.1. The number of aromatic nitrogens is 1. The van der Waals surface area contributed by atoms with Gasteiger partial charge >= 0.3 is 0 Å². The Morgan fingerprint density at radius 1 is 1.19 bits per heavy atom. The lowest BCUT2D eigenvalue weighted by Crippen LogP contribution is -2.30. The molecule has 27 heavy (non-hydrogen) atoms. The Labute approximate surface area is 160 Å². The van der Waals surface area contributed by atoms with Crippen molar-refractivity contribution in [2.24, 2.45) is 0 Å². The first-order valence-corrected chi connectivity index (χ1v) is 10.1. The minimum absolute atomic E-state index is 0.0758. The smallest absolute Gasteiger partial charge is 0.266 e. The Hall–Kier alpha value is -2.63. The van der Waals surface area contributed by atoms with Crippen LogP contribution in [0.5, 0.6) is 5.75 Å². The van der Waals surface area contributed by atoms with E-state index in [-0.39, 0.29) is 11.3 Å². The first-order chi connectivity index (χ1) is 13.2. The zero-order valence-corrected chi connectivity index (χ0v) is 15.9. The van der Waals surface area contributed by atoms with Gasteiger partial charge in [-0.05, 0) is 59.3 Å². The Balaban J connectivity index is 1.80. The fraction of sp³-hybridized carbons (Fsp3) is 0.227. The molecule has 3 heterocycles. The van der Waals surface area contributed by atoms with Crippen molar-refractivity contribution in [1.29, 1.82) is 0 Å². The standard InChI is InChI=1S/C22H20N2O2S/c1-2-24-9-7-13-3-4-14(11-15(13)12-24)19-18(25)6-5-17-20(19)16-8-10-27-21(16)22(26)23-17/h3-6,8,10-11,25H,2,7,9,12H2,1H3,(H,23,26). The molecule has 0 aliphatic carbocycles. The summed E-state index contributed by atoms with van der Waals surface area (Å²) in [6, 6.07) is 11.9. The van der Waals surface area contributed by atoms with Crippen molar-refractivity contribution in [3.63, 3.8) is 0 Å². The average Bonchev–Trinajstić information content (AvgIpc) is 3.18. The lowest BCUT2D eigenvalue weighted by molar-refractivity contribution is 0.268. The topological polar surface area (TPSA) is 56.3 Å². The van der Waals surface area contributed by atoms with E-state index in [2.05, 4.69) is 35.0 Å². The summed E-state index contributed by atoms with van der Waals surface area (Å²) in [6.45, 7) is 5.27. The minimum Gasteiger partial charge on any atom is -0.507 e. The largest absolute Gasteiger partial charge is 0.507 e. The molecule has 2 aromatic carbocycles. The van der Waals surface area contributed by atoms with E-state index in [9.17, 15) is 9.90 Å². The maximum absolute atomic E-state index is 12.3. The van der Waals surface area contributed by atoms with Gasteiger partial charge in [-0.1, -0.05) is 19.1 Å². The van der Waals surface area contributed by atoms with E-state index in [4.69, 9.17) is 0 Å². The molecule has 136 valence electrons. The summed E-state index contributed by atoms with van der Waals surface area (Å²) in [4.78, 5) is 17.7. The number of phenolic OH excluding ortho intramolecular Hbond substituents is 1. The number of hydrogen-bond acceptors (Lipinski definition) is 4. The SMILES string of the molecule is CCN1CCc2ccc(-c3c(O)ccc4[nH]c(=O)c5sccc5c34)cc2C1. The molecule has 0 atom stereocenters. The van der Waals surface area contributed by atoms with E-state index in [1.807, 2.05) is 11.4 Å². The van der Waals surface area contributed by atoms with Gasteiger partial charge in [0.15, 0.2) is 0 Å². The third-order valence-electron chi connectivity index (χ3n) is 5.61. The number of nitrogens with one attached hydrogen (secondary N) is 1. The van der Waals surface area contributed by atoms with Crippen LogP contribution in [0.4, 0.5) is 0 Å². The van der Waals surface area contributed by atoms with Gasteiger partial charge in [0.05, 0.1) is 0 Å². The zero-order chi connectivity index (χ0) is 18.5. The molecule has 0 saturated carbocycles. The number of H-pyrrole nitrogens is 1. The fourth-order valence-electron chi connectivity index (χ4n) is 4.17. The lowest BCUT2D eigenvalue weighted by Gasteiger charge is -2.28. The van der Waals surface area contributed by atoms with Crippen LogP contribution in [0.2, 0.25) is 0 Å². The number of thiophene rings is 1. The van der Waals surface area contributed by atoms with E-state index in [0.717, 1.165) is 53.5 Å². The minimum atomic E-state index is -0.0758. The van der Waals surface area contributed by atoms with Gasteiger partial charge in [-0.25, -0.2) is 0 Å². The third kappa shape index (κ3) is 2.58. The second-order valence-corrected chi connectivity index (χ2v) is 8.02. The number of aromatic amines is 1. The highest BCUT2D eigenvalue weighted by molar-refractivity contribution is 7.17. The van der Waals surface area contributed by atoms with Crippen LogP contribution < -0.4 is 5.56 Å². The molecule has 1 aliphatic heterocycles. The number of fused-ring (bicyclic) bond motifs is 4. The van der Waals surface area contributed by atoms with Gasteiger partial charge in [0.25, 0.3) is 5.56 Å². The highest BCUT2D eigenvalue weighted by Gasteiger charge is 2.19. The number of rotatable bonds is 2. The number of aromatic hydroxyl groups is 1. The second-order valence-electron chi connectivity index (χ2n) is 7.10. The molecule has 2 aromatic heterocycles. The molecule has 2 N–H and O–H groups in total. The van der Waals surface area contributed by atoms with E-state index in [1.165, 1.54) is 22.5 Å². The Bertz CT molecular complexity index is 1240. The summed E-state index contributed by atoms with van der Waals surface area (Å²) in [5.74, 6) is 0.241. The number of pyridine rings is 1. The normalized spacial score (nSPS) is 14.7. The summed E-state index contributed by atoms with van der Waals surface area (Å²) in [7, 11) is 0. The van der Waals surface area contributed by atoms with Crippen molar-refractivity contribution in [2.75, 3.05) is 13.1 Å². The van der Waals surface area contributed by atoms with Crippen molar-refractivity contribution >= 4 is 32.3 Å². The maximum Gasteiger partial charge on any atom is 0.266 e. The molecule has 1 aliphatic rings. The maximum atomic E-state index is 12.3. The Morgan fingerprint density at radius 3 is 2.93 bits per heavy atom. The molecule has 0 fully saturated rings. The summed E-state index contributed by atoms with van der Waals surface area (Å²) in [5.41, 5.74) is 5.18.